The smallest absolute Gasteiger partial charge is 0.356 e. The summed E-state index contributed by atoms with van der Waals surface area (Å²) in [4.78, 5) is 14.6. The molecular formula is C13H7Cl3FN3O2. The number of carbonyl (C=O) groups is 1. The van der Waals surface area contributed by atoms with Gasteiger partial charge in [-0.2, -0.15) is 5.10 Å². The van der Waals surface area contributed by atoms with Crippen molar-refractivity contribution in [2.45, 2.75) is 0 Å². The van der Waals surface area contributed by atoms with E-state index in [0.717, 1.165) is 0 Å². The molecule has 0 atom stereocenters. The van der Waals surface area contributed by atoms with E-state index in [9.17, 15) is 9.18 Å². The lowest BCUT2D eigenvalue weighted by molar-refractivity contribution is 0.0691. The number of nitrogens with zero attached hydrogens (tertiary/aromatic N) is 2. The first-order valence-electron chi connectivity index (χ1n) is 5.73. The van der Waals surface area contributed by atoms with Crippen molar-refractivity contribution >= 4 is 52.7 Å². The van der Waals surface area contributed by atoms with Gasteiger partial charge in [-0.25, -0.2) is 14.2 Å². The highest BCUT2D eigenvalue weighted by atomic mass is 35.5. The van der Waals surface area contributed by atoms with E-state index in [1.54, 1.807) is 6.07 Å². The van der Waals surface area contributed by atoms with Gasteiger partial charge in [0.2, 0.25) is 0 Å². The van der Waals surface area contributed by atoms with E-state index < -0.39 is 17.5 Å². The molecule has 1 aromatic heterocycles. The zero-order chi connectivity index (χ0) is 16.3. The summed E-state index contributed by atoms with van der Waals surface area (Å²) in [5.74, 6) is -1.84. The van der Waals surface area contributed by atoms with Crippen molar-refractivity contribution in [2.24, 2.45) is 5.10 Å². The third kappa shape index (κ3) is 3.47. The van der Waals surface area contributed by atoms with Gasteiger partial charge >= 0.3 is 5.97 Å². The molecule has 1 heterocycles. The molecule has 0 aliphatic rings. The molecule has 2 N–H and O–H groups in total. The van der Waals surface area contributed by atoms with Crippen LogP contribution < -0.4 is 5.43 Å². The summed E-state index contributed by atoms with van der Waals surface area (Å²) in [7, 11) is 0. The molecule has 0 aliphatic heterocycles. The predicted octanol–water partition coefficient (Wildman–Crippen LogP) is 4.33. The average molecular weight is 363 g/mol. The second-order valence-corrected chi connectivity index (χ2v) is 5.06. The Morgan fingerprint density at radius 3 is 2.59 bits per heavy atom. The minimum Gasteiger partial charge on any atom is -0.476 e. The van der Waals surface area contributed by atoms with Crippen molar-refractivity contribution in [1.29, 1.82) is 0 Å². The zero-order valence-electron chi connectivity index (χ0n) is 10.6. The molecule has 0 saturated carbocycles. The summed E-state index contributed by atoms with van der Waals surface area (Å²) >= 11 is 17.5. The topological polar surface area (TPSA) is 74.6 Å². The summed E-state index contributed by atoms with van der Waals surface area (Å²) in [6.07, 6.45) is 1.19. The lowest BCUT2D eigenvalue weighted by Crippen LogP contribution is -2.05. The molecule has 1 aromatic carbocycles. The number of hydrogen-bond donors (Lipinski definition) is 2. The van der Waals surface area contributed by atoms with Gasteiger partial charge in [0.05, 0.1) is 11.9 Å². The molecule has 5 nitrogen and oxygen atoms in total. The van der Waals surface area contributed by atoms with Crippen LogP contribution in [0.15, 0.2) is 29.4 Å². The molecule has 0 aliphatic carbocycles. The van der Waals surface area contributed by atoms with Crippen molar-refractivity contribution < 1.29 is 14.3 Å². The van der Waals surface area contributed by atoms with Gasteiger partial charge in [0, 0.05) is 5.56 Å². The Labute approximate surface area is 139 Å². The third-order valence-electron chi connectivity index (χ3n) is 2.53. The van der Waals surface area contributed by atoms with Gasteiger partial charge in [-0.1, -0.05) is 53.0 Å². The number of carboxylic acid groups (broad SMARTS) is 1. The number of pyridine rings is 1. The molecule has 0 unspecified atom stereocenters. The van der Waals surface area contributed by atoms with Crippen molar-refractivity contribution in [2.75, 3.05) is 5.43 Å². The van der Waals surface area contributed by atoms with Crippen LogP contribution in [0.5, 0.6) is 0 Å². The minimum atomic E-state index is -1.37. The van der Waals surface area contributed by atoms with Crippen molar-refractivity contribution in [1.82, 2.24) is 4.98 Å². The van der Waals surface area contributed by atoms with Crippen LogP contribution in [-0.4, -0.2) is 22.3 Å². The molecule has 2 rings (SSSR count). The number of aromatic nitrogens is 1. The Balaban J connectivity index is 2.34. The Bertz CT molecular complexity index is 768. The molecular weight excluding hydrogens is 356 g/mol. The summed E-state index contributed by atoms with van der Waals surface area (Å²) in [5, 5.41) is 12.2. The maximum atomic E-state index is 13.4. The number of aromatic carboxylic acids is 1. The second-order valence-electron chi connectivity index (χ2n) is 3.95. The summed E-state index contributed by atoms with van der Waals surface area (Å²) in [6.45, 7) is 0. The maximum Gasteiger partial charge on any atom is 0.356 e. The van der Waals surface area contributed by atoms with Crippen molar-refractivity contribution in [3.63, 3.8) is 0 Å². The summed E-state index contributed by atoms with van der Waals surface area (Å²) in [5.41, 5.74) is 2.16. The van der Waals surface area contributed by atoms with Gasteiger partial charge in [0.1, 0.15) is 15.9 Å². The van der Waals surface area contributed by atoms with E-state index in [4.69, 9.17) is 39.9 Å². The van der Waals surface area contributed by atoms with Gasteiger partial charge in [0.25, 0.3) is 0 Å². The number of rotatable bonds is 4. The fourth-order valence-electron chi connectivity index (χ4n) is 1.50. The molecule has 0 spiro atoms. The highest BCUT2D eigenvalue weighted by Gasteiger charge is 2.20. The Hall–Kier alpha value is -1.89. The maximum absolute atomic E-state index is 13.4. The number of anilines is 1. The minimum absolute atomic E-state index is 0.0340. The van der Waals surface area contributed by atoms with Crippen LogP contribution in [-0.2, 0) is 0 Å². The lowest BCUT2D eigenvalue weighted by atomic mass is 10.2. The Morgan fingerprint density at radius 2 is 1.95 bits per heavy atom. The van der Waals surface area contributed by atoms with Gasteiger partial charge in [-0.3, -0.25) is 5.43 Å². The van der Waals surface area contributed by atoms with Gasteiger partial charge in [0.15, 0.2) is 10.8 Å². The van der Waals surface area contributed by atoms with Gasteiger partial charge < -0.3 is 5.11 Å². The lowest BCUT2D eigenvalue weighted by Gasteiger charge is -2.09. The average Bonchev–Trinajstić information content (AvgIpc) is 2.48. The normalized spacial score (nSPS) is 10.9. The number of benzene rings is 1. The molecule has 0 saturated heterocycles. The molecule has 9 heteroatoms. The van der Waals surface area contributed by atoms with E-state index >= 15 is 0 Å². The third-order valence-corrected chi connectivity index (χ3v) is 3.63. The first kappa shape index (κ1) is 16.5. The fraction of sp³-hybridized carbons (Fsp3) is 0. The van der Waals surface area contributed by atoms with Crippen LogP contribution in [0.3, 0.4) is 0 Å². The SMILES string of the molecule is O=C(O)c1nc(Cl)c(Cl)c(NN=Cc2ccccc2F)c1Cl. The number of hydrogen-bond acceptors (Lipinski definition) is 4. The quantitative estimate of drug-likeness (QED) is 0.482. The molecule has 0 bridgehead atoms. The van der Waals surface area contributed by atoms with Crippen LogP contribution in [0.1, 0.15) is 16.1 Å². The second kappa shape index (κ2) is 6.91. The van der Waals surface area contributed by atoms with E-state index in [0.29, 0.717) is 0 Å². The highest BCUT2D eigenvalue weighted by Crippen LogP contribution is 2.36. The molecule has 114 valence electrons. The van der Waals surface area contributed by atoms with E-state index in [2.05, 4.69) is 15.5 Å². The first-order chi connectivity index (χ1) is 10.4. The summed E-state index contributed by atoms with van der Waals surface area (Å²) < 4.78 is 13.4. The molecule has 22 heavy (non-hydrogen) atoms. The molecule has 0 amide bonds. The number of halogens is 4. The molecule has 2 aromatic rings. The zero-order valence-corrected chi connectivity index (χ0v) is 12.9. The Morgan fingerprint density at radius 1 is 1.27 bits per heavy atom. The predicted molar refractivity (Wildman–Crippen MR) is 83.8 cm³/mol. The molecule has 0 radical (unpaired) electrons. The van der Waals surface area contributed by atoms with Crippen LogP contribution in [0.4, 0.5) is 10.1 Å². The van der Waals surface area contributed by atoms with Crippen LogP contribution >= 0.6 is 34.8 Å². The van der Waals surface area contributed by atoms with E-state index in [1.807, 2.05) is 0 Å². The standard InChI is InChI=1S/C13H7Cl3FN3O2/c14-8-10(9(15)12(16)19-11(8)13(21)22)20-18-5-6-3-1-2-4-7(6)17/h1-5H,(H,19,20)(H,21,22). The molecule has 0 fully saturated rings. The van der Waals surface area contributed by atoms with Crippen molar-refractivity contribution in [3.8, 4) is 0 Å². The fourth-order valence-corrected chi connectivity index (χ4v) is 2.17. The van der Waals surface area contributed by atoms with Crippen LogP contribution in [0, 0.1) is 5.82 Å². The highest BCUT2D eigenvalue weighted by molar-refractivity contribution is 6.46. The van der Waals surface area contributed by atoms with E-state index in [-0.39, 0.29) is 26.4 Å². The van der Waals surface area contributed by atoms with Gasteiger partial charge in [-0.15, -0.1) is 0 Å². The van der Waals surface area contributed by atoms with Crippen LogP contribution in [0.25, 0.3) is 0 Å². The van der Waals surface area contributed by atoms with Gasteiger partial charge in [-0.05, 0) is 6.07 Å². The van der Waals surface area contributed by atoms with Crippen LogP contribution in [0.2, 0.25) is 15.2 Å². The largest absolute Gasteiger partial charge is 0.476 e. The number of nitrogens with one attached hydrogen (secondary N) is 1. The van der Waals surface area contributed by atoms with Crippen molar-refractivity contribution in [3.05, 3.63) is 56.5 Å². The number of carboxylic acids is 1. The monoisotopic (exact) mass is 361 g/mol. The van der Waals surface area contributed by atoms with E-state index in [1.165, 1.54) is 24.4 Å². The Kier molecular flexibility index (Phi) is 5.18. The number of hydrazone groups is 1. The first-order valence-corrected chi connectivity index (χ1v) is 6.86. The summed E-state index contributed by atoms with van der Waals surface area (Å²) in [6, 6.07) is 5.95.